The zero-order valence-corrected chi connectivity index (χ0v) is 7.99. The van der Waals surface area contributed by atoms with Crippen molar-refractivity contribution in [1.82, 2.24) is 9.97 Å². The Bertz CT molecular complexity index is 294. The molecule has 6 heteroatoms. The minimum absolute atomic E-state index is 0.0384. The van der Waals surface area contributed by atoms with E-state index < -0.39 is 0 Å². The third-order valence-electron chi connectivity index (χ3n) is 1.60. The maximum atomic E-state index is 8.70. The Morgan fingerprint density at radius 2 is 2.31 bits per heavy atom. The fourth-order valence-corrected chi connectivity index (χ4v) is 1.14. The number of halogens is 1. The van der Waals surface area contributed by atoms with Crippen LogP contribution in [-0.4, -0.2) is 35.3 Å². The lowest BCUT2D eigenvalue weighted by Gasteiger charge is -2.17. The molecule has 0 spiro atoms. The van der Waals surface area contributed by atoms with Crippen molar-refractivity contribution in [2.24, 2.45) is 0 Å². The Kier molecular flexibility index (Phi) is 3.27. The van der Waals surface area contributed by atoms with Crippen LogP contribution in [0.3, 0.4) is 0 Å². The van der Waals surface area contributed by atoms with Gasteiger partial charge in [0.15, 0.2) is 5.82 Å². The summed E-state index contributed by atoms with van der Waals surface area (Å²) in [5.74, 6) is 0.777. The summed E-state index contributed by atoms with van der Waals surface area (Å²) in [4.78, 5) is 9.39. The van der Waals surface area contributed by atoms with E-state index in [9.17, 15) is 0 Å². The smallest absolute Gasteiger partial charge is 0.152 e. The van der Waals surface area contributed by atoms with Crippen LogP contribution >= 0.6 is 11.6 Å². The van der Waals surface area contributed by atoms with Gasteiger partial charge in [-0.05, 0) is 0 Å². The third kappa shape index (κ3) is 2.19. The van der Waals surface area contributed by atoms with Gasteiger partial charge in [-0.1, -0.05) is 11.6 Å². The molecule has 0 aromatic carbocycles. The number of hydrogen-bond acceptors (Lipinski definition) is 5. The van der Waals surface area contributed by atoms with Gasteiger partial charge in [-0.3, -0.25) is 0 Å². The molecule has 0 radical (unpaired) electrons. The van der Waals surface area contributed by atoms with Crippen LogP contribution in [-0.2, 0) is 0 Å². The number of nitrogen functional groups attached to an aromatic ring is 1. The molecule has 0 amide bonds. The first-order chi connectivity index (χ1) is 6.16. The van der Waals surface area contributed by atoms with Crippen LogP contribution in [0.25, 0.3) is 0 Å². The molecule has 0 unspecified atom stereocenters. The van der Waals surface area contributed by atoms with Crippen molar-refractivity contribution in [2.45, 2.75) is 0 Å². The van der Waals surface area contributed by atoms with E-state index in [1.807, 2.05) is 0 Å². The maximum absolute atomic E-state index is 8.70. The molecule has 0 aliphatic rings. The number of hydrogen-bond donors (Lipinski definition) is 2. The molecule has 1 aromatic rings. The van der Waals surface area contributed by atoms with E-state index in [4.69, 9.17) is 22.4 Å². The van der Waals surface area contributed by atoms with Crippen LogP contribution in [0, 0.1) is 0 Å². The minimum atomic E-state index is 0.0384. The Morgan fingerprint density at radius 1 is 1.62 bits per heavy atom. The highest BCUT2D eigenvalue weighted by atomic mass is 35.5. The summed E-state index contributed by atoms with van der Waals surface area (Å²) in [6, 6.07) is 0. The van der Waals surface area contributed by atoms with Crippen LogP contribution in [0.5, 0.6) is 0 Å². The molecule has 0 atom stereocenters. The summed E-state index contributed by atoms with van der Waals surface area (Å²) >= 11 is 5.85. The molecule has 0 aliphatic carbocycles. The monoisotopic (exact) mass is 202 g/mol. The summed E-state index contributed by atoms with van der Waals surface area (Å²) < 4.78 is 0. The first-order valence-corrected chi connectivity index (χ1v) is 4.12. The molecule has 0 aliphatic heterocycles. The molecule has 72 valence electrons. The average Bonchev–Trinajstić information content (AvgIpc) is 2.10. The number of rotatable bonds is 3. The van der Waals surface area contributed by atoms with E-state index in [2.05, 4.69) is 9.97 Å². The van der Waals surface area contributed by atoms with Crippen molar-refractivity contribution >= 4 is 23.2 Å². The van der Waals surface area contributed by atoms with Crippen LogP contribution in [0.4, 0.5) is 11.6 Å². The van der Waals surface area contributed by atoms with E-state index in [0.29, 0.717) is 17.4 Å². The van der Waals surface area contributed by atoms with Gasteiger partial charge in [0.1, 0.15) is 17.2 Å². The fraction of sp³-hybridized carbons (Fsp3) is 0.429. The van der Waals surface area contributed by atoms with Gasteiger partial charge < -0.3 is 15.7 Å². The summed E-state index contributed by atoms with van der Waals surface area (Å²) in [7, 11) is 1.77. The zero-order valence-electron chi connectivity index (χ0n) is 7.24. The standard InChI is InChI=1S/C7H11ClN4O/c1-12(2-3-13)7-5(8)6(9)10-4-11-7/h4,13H,2-3H2,1H3,(H2,9,10,11). The molecule has 0 saturated carbocycles. The molecule has 1 aromatic heterocycles. The zero-order chi connectivity index (χ0) is 9.84. The first kappa shape index (κ1) is 10.0. The first-order valence-electron chi connectivity index (χ1n) is 3.74. The van der Waals surface area contributed by atoms with Crippen LogP contribution < -0.4 is 10.6 Å². The van der Waals surface area contributed by atoms with Gasteiger partial charge in [0.2, 0.25) is 0 Å². The summed E-state index contributed by atoms with van der Waals surface area (Å²) in [5.41, 5.74) is 5.48. The second kappa shape index (κ2) is 4.25. The van der Waals surface area contributed by atoms with Crippen LogP contribution in [0.1, 0.15) is 0 Å². The Hall–Kier alpha value is -1.07. The molecule has 1 heterocycles. The van der Waals surface area contributed by atoms with E-state index >= 15 is 0 Å². The number of aliphatic hydroxyl groups is 1. The van der Waals surface area contributed by atoms with Gasteiger partial charge in [-0.25, -0.2) is 9.97 Å². The molecule has 0 saturated heterocycles. The molecule has 3 N–H and O–H groups in total. The number of aromatic nitrogens is 2. The van der Waals surface area contributed by atoms with Crippen LogP contribution in [0.2, 0.25) is 5.02 Å². The molecule has 1 rings (SSSR count). The number of aliphatic hydroxyl groups excluding tert-OH is 1. The highest BCUT2D eigenvalue weighted by molar-refractivity contribution is 6.35. The molecular formula is C7H11ClN4O. The van der Waals surface area contributed by atoms with Crippen molar-refractivity contribution in [3.8, 4) is 0 Å². The van der Waals surface area contributed by atoms with Gasteiger partial charge in [0, 0.05) is 13.6 Å². The van der Waals surface area contributed by atoms with Gasteiger partial charge in [-0.15, -0.1) is 0 Å². The molecule has 13 heavy (non-hydrogen) atoms. The van der Waals surface area contributed by atoms with Crippen molar-refractivity contribution in [3.63, 3.8) is 0 Å². The van der Waals surface area contributed by atoms with Gasteiger partial charge in [0.25, 0.3) is 0 Å². The predicted molar refractivity (Wildman–Crippen MR) is 51.8 cm³/mol. The van der Waals surface area contributed by atoms with Crippen molar-refractivity contribution in [2.75, 3.05) is 30.8 Å². The normalized spacial score (nSPS) is 10.1. The highest BCUT2D eigenvalue weighted by Gasteiger charge is 2.09. The Labute approximate surface area is 81.2 Å². The number of anilines is 2. The number of nitrogens with zero attached hydrogens (tertiary/aromatic N) is 3. The Balaban J connectivity index is 2.93. The summed E-state index contributed by atoms with van der Waals surface area (Å²) in [5, 5.41) is 9.02. The quantitative estimate of drug-likeness (QED) is 0.730. The lowest BCUT2D eigenvalue weighted by molar-refractivity contribution is 0.304. The van der Waals surface area contributed by atoms with Crippen molar-refractivity contribution in [3.05, 3.63) is 11.3 Å². The van der Waals surface area contributed by atoms with Gasteiger partial charge in [0.05, 0.1) is 6.61 Å². The van der Waals surface area contributed by atoms with E-state index in [-0.39, 0.29) is 12.4 Å². The number of likely N-dealkylation sites (N-methyl/N-ethyl adjacent to an activating group) is 1. The number of nitrogens with two attached hydrogens (primary N) is 1. The Morgan fingerprint density at radius 3 is 2.92 bits per heavy atom. The molecular weight excluding hydrogens is 192 g/mol. The minimum Gasteiger partial charge on any atom is -0.395 e. The SMILES string of the molecule is CN(CCO)c1ncnc(N)c1Cl. The predicted octanol–water partition coefficient (Wildman–Crippen LogP) is 0.141. The van der Waals surface area contributed by atoms with E-state index in [1.54, 1.807) is 11.9 Å². The van der Waals surface area contributed by atoms with Crippen molar-refractivity contribution < 1.29 is 5.11 Å². The molecule has 0 fully saturated rings. The lowest BCUT2D eigenvalue weighted by atomic mass is 10.4. The molecule has 5 nitrogen and oxygen atoms in total. The maximum Gasteiger partial charge on any atom is 0.152 e. The summed E-state index contributed by atoms with van der Waals surface area (Å²) in [6.07, 6.45) is 1.34. The average molecular weight is 203 g/mol. The largest absolute Gasteiger partial charge is 0.395 e. The van der Waals surface area contributed by atoms with Crippen LogP contribution in [0.15, 0.2) is 6.33 Å². The lowest BCUT2D eigenvalue weighted by Crippen LogP contribution is -2.23. The second-order valence-corrected chi connectivity index (χ2v) is 2.92. The summed E-state index contributed by atoms with van der Waals surface area (Å²) in [6.45, 7) is 0.493. The van der Waals surface area contributed by atoms with Gasteiger partial charge in [-0.2, -0.15) is 0 Å². The second-order valence-electron chi connectivity index (χ2n) is 2.54. The fourth-order valence-electron chi connectivity index (χ4n) is 0.896. The van der Waals surface area contributed by atoms with Gasteiger partial charge >= 0.3 is 0 Å². The highest BCUT2D eigenvalue weighted by Crippen LogP contribution is 2.25. The third-order valence-corrected chi connectivity index (χ3v) is 1.96. The van der Waals surface area contributed by atoms with E-state index in [0.717, 1.165) is 0 Å². The van der Waals surface area contributed by atoms with Crippen molar-refractivity contribution in [1.29, 1.82) is 0 Å². The van der Waals surface area contributed by atoms with E-state index in [1.165, 1.54) is 6.33 Å². The topological polar surface area (TPSA) is 75.3 Å². The molecule has 0 bridgehead atoms.